The number of likely N-dealkylation sites (tertiary alicyclic amines) is 2. The number of aromatic amines is 1. The molecular weight excluding hydrogens is 340 g/mol. The SMILES string of the molecule is CC1CCN([C@@H](CNC(=O)c2c[nH]c(C(=O)N3CCCC3)c2)C(C)C)CC1. The van der Waals surface area contributed by atoms with E-state index < -0.39 is 0 Å². The molecule has 1 atom stereocenters. The number of hydrogen-bond acceptors (Lipinski definition) is 3. The summed E-state index contributed by atoms with van der Waals surface area (Å²) in [5.41, 5.74) is 1.04. The minimum absolute atomic E-state index is 0.00552. The number of H-pyrrole nitrogens is 1. The first kappa shape index (κ1) is 19.9. The Morgan fingerprint density at radius 3 is 2.48 bits per heavy atom. The van der Waals surface area contributed by atoms with Crippen LogP contribution in [0.25, 0.3) is 0 Å². The molecule has 27 heavy (non-hydrogen) atoms. The summed E-state index contributed by atoms with van der Waals surface area (Å²) < 4.78 is 0. The van der Waals surface area contributed by atoms with Crippen LogP contribution in [0, 0.1) is 11.8 Å². The van der Waals surface area contributed by atoms with E-state index in [0.29, 0.717) is 29.8 Å². The van der Waals surface area contributed by atoms with Gasteiger partial charge in [-0.1, -0.05) is 20.8 Å². The van der Waals surface area contributed by atoms with Gasteiger partial charge in [0.2, 0.25) is 0 Å². The van der Waals surface area contributed by atoms with Crippen LogP contribution in [0.5, 0.6) is 0 Å². The van der Waals surface area contributed by atoms with Crippen molar-refractivity contribution in [2.45, 2.75) is 52.5 Å². The van der Waals surface area contributed by atoms with Gasteiger partial charge in [-0.05, 0) is 56.7 Å². The monoisotopic (exact) mass is 374 g/mol. The van der Waals surface area contributed by atoms with Gasteiger partial charge in [-0.2, -0.15) is 0 Å². The van der Waals surface area contributed by atoms with Crippen molar-refractivity contribution in [2.75, 3.05) is 32.7 Å². The van der Waals surface area contributed by atoms with Gasteiger partial charge in [0.25, 0.3) is 11.8 Å². The maximum atomic E-state index is 12.6. The van der Waals surface area contributed by atoms with Crippen molar-refractivity contribution in [3.8, 4) is 0 Å². The Labute approximate surface area is 162 Å². The van der Waals surface area contributed by atoms with Crippen molar-refractivity contribution in [1.82, 2.24) is 20.1 Å². The molecule has 0 bridgehead atoms. The Balaban J connectivity index is 1.55. The molecule has 0 radical (unpaired) electrons. The fraction of sp³-hybridized carbons (Fsp3) is 0.714. The molecule has 3 rings (SSSR count). The van der Waals surface area contributed by atoms with E-state index >= 15 is 0 Å². The number of rotatable bonds is 6. The molecule has 1 aromatic heterocycles. The first-order valence-electron chi connectivity index (χ1n) is 10.5. The van der Waals surface area contributed by atoms with Gasteiger partial charge in [0, 0.05) is 31.9 Å². The van der Waals surface area contributed by atoms with Crippen LogP contribution in [0.2, 0.25) is 0 Å². The normalized spacial score (nSPS) is 20.2. The fourth-order valence-electron chi connectivity index (χ4n) is 4.19. The molecule has 150 valence electrons. The fourth-order valence-corrected chi connectivity index (χ4v) is 4.19. The second-order valence-corrected chi connectivity index (χ2v) is 8.54. The molecule has 0 unspecified atom stereocenters. The van der Waals surface area contributed by atoms with Gasteiger partial charge in [0.15, 0.2) is 0 Å². The lowest BCUT2D eigenvalue weighted by Gasteiger charge is -2.38. The summed E-state index contributed by atoms with van der Waals surface area (Å²) in [5.74, 6) is 1.17. The first-order valence-corrected chi connectivity index (χ1v) is 10.5. The molecule has 2 amide bonds. The summed E-state index contributed by atoms with van der Waals surface area (Å²) in [7, 11) is 0. The van der Waals surface area contributed by atoms with Crippen molar-refractivity contribution >= 4 is 11.8 Å². The summed E-state index contributed by atoms with van der Waals surface area (Å²) in [6.45, 7) is 11.2. The Kier molecular flexibility index (Phi) is 6.58. The third-order valence-electron chi connectivity index (χ3n) is 6.10. The molecule has 2 fully saturated rings. The quantitative estimate of drug-likeness (QED) is 0.804. The smallest absolute Gasteiger partial charge is 0.270 e. The highest BCUT2D eigenvalue weighted by Crippen LogP contribution is 2.21. The average Bonchev–Trinajstić information content (AvgIpc) is 3.34. The van der Waals surface area contributed by atoms with Crippen LogP contribution in [0.15, 0.2) is 12.3 Å². The van der Waals surface area contributed by atoms with Crippen LogP contribution < -0.4 is 5.32 Å². The van der Waals surface area contributed by atoms with E-state index in [4.69, 9.17) is 0 Å². The van der Waals surface area contributed by atoms with Gasteiger partial charge in [-0.15, -0.1) is 0 Å². The van der Waals surface area contributed by atoms with Crippen LogP contribution in [-0.4, -0.2) is 65.4 Å². The van der Waals surface area contributed by atoms with E-state index in [0.717, 1.165) is 44.9 Å². The zero-order valence-electron chi connectivity index (χ0n) is 17.0. The number of nitrogens with zero attached hydrogens (tertiary/aromatic N) is 2. The summed E-state index contributed by atoms with van der Waals surface area (Å²) in [6.07, 6.45) is 6.23. The predicted molar refractivity (Wildman–Crippen MR) is 107 cm³/mol. The van der Waals surface area contributed by atoms with Crippen LogP contribution >= 0.6 is 0 Å². The Hall–Kier alpha value is -1.82. The number of piperidine rings is 1. The molecule has 0 saturated carbocycles. The molecule has 0 spiro atoms. The van der Waals surface area contributed by atoms with E-state index in [1.807, 2.05) is 4.90 Å². The summed E-state index contributed by atoms with van der Waals surface area (Å²) in [4.78, 5) is 32.4. The summed E-state index contributed by atoms with van der Waals surface area (Å²) in [6, 6.07) is 2.04. The van der Waals surface area contributed by atoms with Gasteiger partial charge in [-0.3, -0.25) is 14.5 Å². The average molecular weight is 375 g/mol. The van der Waals surface area contributed by atoms with Gasteiger partial charge >= 0.3 is 0 Å². The first-order chi connectivity index (χ1) is 13.0. The number of hydrogen-bond donors (Lipinski definition) is 2. The van der Waals surface area contributed by atoms with Crippen LogP contribution in [0.3, 0.4) is 0 Å². The van der Waals surface area contributed by atoms with E-state index in [1.165, 1.54) is 12.8 Å². The molecule has 2 aliphatic heterocycles. The molecule has 0 aromatic carbocycles. The predicted octanol–water partition coefficient (Wildman–Crippen LogP) is 2.74. The third-order valence-corrected chi connectivity index (χ3v) is 6.10. The lowest BCUT2D eigenvalue weighted by molar-refractivity contribution is 0.0787. The third kappa shape index (κ3) is 4.92. The van der Waals surface area contributed by atoms with Crippen molar-refractivity contribution in [3.63, 3.8) is 0 Å². The number of aromatic nitrogens is 1. The Bertz CT molecular complexity index is 640. The van der Waals surface area contributed by atoms with Gasteiger partial charge in [-0.25, -0.2) is 0 Å². The highest BCUT2D eigenvalue weighted by molar-refractivity contribution is 5.99. The van der Waals surface area contributed by atoms with Gasteiger partial charge in [0.05, 0.1) is 5.56 Å². The Morgan fingerprint density at radius 1 is 1.19 bits per heavy atom. The molecular formula is C21H34N4O2. The molecule has 2 aliphatic rings. The molecule has 6 nitrogen and oxygen atoms in total. The van der Waals surface area contributed by atoms with Crippen molar-refractivity contribution < 1.29 is 9.59 Å². The van der Waals surface area contributed by atoms with Crippen LogP contribution in [0.1, 0.15) is 67.3 Å². The minimum atomic E-state index is -0.109. The second kappa shape index (κ2) is 8.91. The van der Waals surface area contributed by atoms with Crippen molar-refractivity contribution in [3.05, 3.63) is 23.5 Å². The molecule has 2 saturated heterocycles. The Morgan fingerprint density at radius 2 is 1.85 bits per heavy atom. The van der Waals surface area contributed by atoms with Crippen molar-refractivity contribution in [2.24, 2.45) is 11.8 Å². The minimum Gasteiger partial charge on any atom is -0.356 e. The van der Waals surface area contributed by atoms with Crippen LogP contribution in [0.4, 0.5) is 0 Å². The molecule has 1 aromatic rings. The molecule has 0 aliphatic carbocycles. The number of nitrogens with one attached hydrogen (secondary N) is 2. The molecule has 6 heteroatoms. The number of amides is 2. The molecule has 2 N–H and O–H groups in total. The van der Waals surface area contributed by atoms with E-state index in [9.17, 15) is 9.59 Å². The topological polar surface area (TPSA) is 68.4 Å². The van der Waals surface area contributed by atoms with E-state index in [-0.39, 0.29) is 11.8 Å². The lowest BCUT2D eigenvalue weighted by Crippen LogP contribution is -2.49. The largest absolute Gasteiger partial charge is 0.356 e. The zero-order chi connectivity index (χ0) is 19.4. The van der Waals surface area contributed by atoms with Crippen LogP contribution in [-0.2, 0) is 0 Å². The number of carbonyl (C=O) groups excluding carboxylic acids is 2. The van der Waals surface area contributed by atoms with E-state index in [1.54, 1.807) is 12.3 Å². The maximum Gasteiger partial charge on any atom is 0.270 e. The summed E-state index contributed by atoms with van der Waals surface area (Å²) >= 11 is 0. The lowest BCUT2D eigenvalue weighted by atomic mass is 9.94. The zero-order valence-corrected chi connectivity index (χ0v) is 17.0. The summed E-state index contributed by atoms with van der Waals surface area (Å²) in [5, 5.41) is 3.09. The van der Waals surface area contributed by atoms with Crippen molar-refractivity contribution in [1.29, 1.82) is 0 Å². The maximum absolute atomic E-state index is 12.6. The highest BCUT2D eigenvalue weighted by atomic mass is 16.2. The molecule has 3 heterocycles. The number of carbonyl (C=O) groups is 2. The van der Waals surface area contributed by atoms with E-state index in [2.05, 4.69) is 36.0 Å². The van der Waals surface area contributed by atoms with Gasteiger partial charge in [0.1, 0.15) is 5.69 Å². The second-order valence-electron chi connectivity index (χ2n) is 8.54. The van der Waals surface area contributed by atoms with Gasteiger partial charge < -0.3 is 15.2 Å². The highest BCUT2D eigenvalue weighted by Gasteiger charge is 2.26. The standard InChI is InChI=1S/C21H34N4O2/c1-15(2)19(24-10-6-16(3)7-11-24)14-23-20(26)17-12-18(22-13-17)21(27)25-8-4-5-9-25/h12-13,15-16,19,22H,4-11,14H2,1-3H3,(H,23,26)/t19-/m0/s1.